The van der Waals surface area contributed by atoms with Gasteiger partial charge in [-0.05, 0) is 23.7 Å². The van der Waals surface area contributed by atoms with Crippen molar-refractivity contribution in [1.29, 1.82) is 0 Å². The van der Waals surface area contributed by atoms with Crippen molar-refractivity contribution in [3.63, 3.8) is 0 Å². The van der Waals surface area contributed by atoms with Crippen molar-refractivity contribution in [3.05, 3.63) is 0 Å². The predicted octanol–water partition coefficient (Wildman–Crippen LogP) is 3.53. The zero-order chi connectivity index (χ0) is 13.2. The highest BCUT2D eigenvalue weighted by molar-refractivity contribution is 6.18. The molecule has 1 saturated heterocycles. The van der Waals surface area contributed by atoms with E-state index < -0.39 is 0 Å². The van der Waals surface area contributed by atoms with Gasteiger partial charge in [-0.25, -0.2) is 0 Å². The normalized spacial score (nSPS) is 27.3. The van der Waals surface area contributed by atoms with Gasteiger partial charge >= 0.3 is 0 Å². The fraction of sp³-hybridized carbons (Fsp3) is 0.929. The summed E-state index contributed by atoms with van der Waals surface area (Å²) in [4.78, 5) is 14.3. The highest BCUT2D eigenvalue weighted by Crippen LogP contribution is 2.31. The van der Waals surface area contributed by atoms with Crippen LogP contribution < -0.4 is 0 Å². The van der Waals surface area contributed by atoms with Crippen LogP contribution in [-0.4, -0.2) is 29.3 Å². The lowest BCUT2D eigenvalue weighted by Gasteiger charge is -2.31. The summed E-state index contributed by atoms with van der Waals surface area (Å²) in [7, 11) is 0. The van der Waals surface area contributed by atoms with Gasteiger partial charge in [0.2, 0.25) is 5.91 Å². The molecule has 1 heterocycles. The van der Waals surface area contributed by atoms with Crippen LogP contribution in [0.4, 0.5) is 0 Å². The van der Waals surface area contributed by atoms with Gasteiger partial charge in [0.25, 0.3) is 0 Å². The Morgan fingerprint density at radius 1 is 1.47 bits per heavy atom. The molecule has 1 amide bonds. The molecule has 0 aromatic rings. The number of halogens is 1. The first-order valence-corrected chi connectivity index (χ1v) is 7.16. The Bertz CT molecular complexity index is 272. The van der Waals surface area contributed by atoms with Crippen LogP contribution in [0.25, 0.3) is 0 Å². The van der Waals surface area contributed by atoms with E-state index in [1.807, 2.05) is 4.90 Å². The zero-order valence-corrected chi connectivity index (χ0v) is 12.5. The Morgan fingerprint density at radius 3 is 2.53 bits per heavy atom. The van der Waals surface area contributed by atoms with Gasteiger partial charge in [-0.15, -0.1) is 11.6 Å². The third-order valence-electron chi connectivity index (χ3n) is 4.32. The molecular weight excluding hydrogens is 234 g/mol. The molecule has 17 heavy (non-hydrogen) atoms. The van der Waals surface area contributed by atoms with Crippen molar-refractivity contribution in [2.75, 3.05) is 12.4 Å². The maximum absolute atomic E-state index is 12.3. The third-order valence-corrected chi connectivity index (χ3v) is 4.64. The molecule has 1 fully saturated rings. The first-order chi connectivity index (χ1) is 7.77. The molecule has 100 valence electrons. The molecule has 0 aliphatic carbocycles. The Hall–Kier alpha value is -0.240. The summed E-state index contributed by atoms with van der Waals surface area (Å²) in [5.41, 5.74) is 0.192. The van der Waals surface area contributed by atoms with E-state index in [1.54, 1.807) is 0 Å². The molecule has 0 aromatic carbocycles. The van der Waals surface area contributed by atoms with Gasteiger partial charge in [-0.3, -0.25) is 4.79 Å². The fourth-order valence-electron chi connectivity index (χ4n) is 2.24. The number of likely N-dealkylation sites (tertiary alicyclic amines) is 1. The summed E-state index contributed by atoms with van der Waals surface area (Å²) in [5, 5.41) is 0. The molecule has 0 saturated carbocycles. The largest absolute Gasteiger partial charge is 0.338 e. The summed E-state index contributed by atoms with van der Waals surface area (Å²) in [6.45, 7) is 11.8. The molecule has 3 atom stereocenters. The summed E-state index contributed by atoms with van der Waals surface area (Å²) in [6, 6.07) is 0.247. The van der Waals surface area contributed by atoms with Crippen molar-refractivity contribution >= 4 is 17.5 Å². The molecule has 1 rings (SSSR count). The molecule has 3 unspecified atom stereocenters. The van der Waals surface area contributed by atoms with E-state index in [4.69, 9.17) is 11.6 Å². The van der Waals surface area contributed by atoms with Gasteiger partial charge in [0.15, 0.2) is 0 Å². The van der Waals surface area contributed by atoms with Crippen molar-refractivity contribution in [1.82, 2.24) is 4.90 Å². The van der Waals surface area contributed by atoms with E-state index in [2.05, 4.69) is 34.6 Å². The number of rotatable bonds is 3. The molecule has 0 radical (unpaired) electrons. The molecule has 0 bridgehead atoms. The molecule has 1 aliphatic rings. The molecular formula is C14H26ClNO. The zero-order valence-electron chi connectivity index (χ0n) is 11.8. The van der Waals surface area contributed by atoms with Crippen LogP contribution in [0.2, 0.25) is 0 Å². The van der Waals surface area contributed by atoms with E-state index in [0.29, 0.717) is 24.1 Å². The van der Waals surface area contributed by atoms with Crippen LogP contribution in [0.3, 0.4) is 0 Å². The second-order valence-corrected chi connectivity index (χ2v) is 6.85. The van der Waals surface area contributed by atoms with E-state index in [0.717, 1.165) is 13.0 Å². The van der Waals surface area contributed by atoms with Crippen molar-refractivity contribution in [2.45, 2.75) is 53.5 Å². The number of nitrogens with zero attached hydrogens (tertiary/aromatic N) is 1. The predicted molar refractivity (Wildman–Crippen MR) is 73.2 cm³/mol. The quantitative estimate of drug-likeness (QED) is 0.710. The fourth-order valence-corrected chi connectivity index (χ4v) is 2.71. The van der Waals surface area contributed by atoms with Crippen LogP contribution in [0.1, 0.15) is 47.5 Å². The second kappa shape index (κ2) is 5.60. The Labute approximate surface area is 111 Å². The van der Waals surface area contributed by atoms with E-state index in [9.17, 15) is 4.79 Å². The van der Waals surface area contributed by atoms with E-state index in [-0.39, 0.29) is 17.4 Å². The average molecular weight is 260 g/mol. The summed E-state index contributed by atoms with van der Waals surface area (Å²) in [5.74, 6) is 1.79. The number of amides is 1. The highest BCUT2D eigenvalue weighted by atomic mass is 35.5. The highest BCUT2D eigenvalue weighted by Gasteiger charge is 2.35. The number of carbonyl (C=O) groups is 1. The summed E-state index contributed by atoms with van der Waals surface area (Å²) >= 11 is 5.97. The Balaban J connectivity index is 2.59. The number of hydrogen-bond donors (Lipinski definition) is 0. The van der Waals surface area contributed by atoms with Crippen LogP contribution in [0.5, 0.6) is 0 Å². The second-order valence-electron chi connectivity index (χ2n) is 6.55. The molecule has 0 aromatic heterocycles. The monoisotopic (exact) mass is 259 g/mol. The first-order valence-electron chi connectivity index (χ1n) is 6.62. The SMILES string of the molecule is CC1CCN(C(=O)CC(C)C(C)(C)C)C1CCl. The Kier molecular flexibility index (Phi) is 4.88. The molecule has 1 aliphatic heterocycles. The van der Waals surface area contributed by atoms with E-state index in [1.165, 1.54) is 0 Å². The van der Waals surface area contributed by atoms with E-state index >= 15 is 0 Å². The minimum absolute atomic E-state index is 0.192. The smallest absolute Gasteiger partial charge is 0.223 e. The van der Waals surface area contributed by atoms with Crippen molar-refractivity contribution in [2.24, 2.45) is 17.3 Å². The van der Waals surface area contributed by atoms with Crippen LogP contribution >= 0.6 is 11.6 Å². The van der Waals surface area contributed by atoms with Crippen molar-refractivity contribution in [3.8, 4) is 0 Å². The standard InChI is InChI=1S/C14H26ClNO/c1-10-6-7-16(12(10)9-15)13(17)8-11(2)14(3,4)5/h10-12H,6-9H2,1-5H3. The molecule has 3 heteroatoms. The average Bonchev–Trinajstić information content (AvgIpc) is 2.57. The lowest BCUT2D eigenvalue weighted by atomic mass is 9.80. The lowest BCUT2D eigenvalue weighted by molar-refractivity contribution is -0.133. The number of hydrogen-bond acceptors (Lipinski definition) is 1. The number of carbonyl (C=O) groups excluding carboxylic acids is 1. The van der Waals surface area contributed by atoms with Gasteiger partial charge < -0.3 is 4.90 Å². The summed E-state index contributed by atoms with van der Waals surface area (Å²) in [6.07, 6.45) is 1.73. The summed E-state index contributed by atoms with van der Waals surface area (Å²) < 4.78 is 0. The minimum Gasteiger partial charge on any atom is -0.338 e. The van der Waals surface area contributed by atoms with Crippen molar-refractivity contribution < 1.29 is 4.79 Å². The number of alkyl halides is 1. The van der Waals surface area contributed by atoms with Gasteiger partial charge in [-0.1, -0.05) is 34.6 Å². The van der Waals surface area contributed by atoms with Gasteiger partial charge in [0.1, 0.15) is 0 Å². The molecule has 2 nitrogen and oxygen atoms in total. The van der Waals surface area contributed by atoms with Gasteiger partial charge in [-0.2, -0.15) is 0 Å². The van der Waals surface area contributed by atoms with Gasteiger partial charge in [0.05, 0.1) is 0 Å². The molecule has 0 spiro atoms. The van der Waals surface area contributed by atoms with Crippen LogP contribution in [-0.2, 0) is 4.79 Å². The van der Waals surface area contributed by atoms with Crippen LogP contribution in [0.15, 0.2) is 0 Å². The van der Waals surface area contributed by atoms with Gasteiger partial charge in [0, 0.05) is 24.9 Å². The molecule has 0 N–H and O–H groups in total. The third kappa shape index (κ3) is 3.61. The maximum Gasteiger partial charge on any atom is 0.223 e. The topological polar surface area (TPSA) is 20.3 Å². The lowest BCUT2D eigenvalue weighted by Crippen LogP contribution is -2.40. The van der Waals surface area contributed by atoms with Crippen LogP contribution in [0, 0.1) is 17.3 Å². The minimum atomic E-state index is 0.192. The first kappa shape index (κ1) is 14.8. The Morgan fingerprint density at radius 2 is 2.06 bits per heavy atom. The maximum atomic E-state index is 12.3.